The average Bonchev–Trinajstić information content (AvgIpc) is 3.26. The summed E-state index contributed by atoms with van der Waals surface area (Å²) in [7, 11) is 1.67. The monoisotopic (exact) mass is 469 g/mol. The smallest absolute Gasteiger partial charge is 0.236 e. The zero-order chi connectivity index (χ0) is 23.8. The number of fused-ring (bicyclic) bond motifs is 1. The van der Waals surface area contributed by atoms with Crippen LogP contribution in [0.25, 0.3) is 0 Å². The van der Waals surface area contributed by atoms with E-state index in [2.05, 4.69) is 28.5 Å². The molecule has 33 heavy (non-hydrogen) atoms. The van der Waals surface area contributed by atoms with Crippen molar-refractivity contribution >= 4 is 23.2 Å². The number of ether oxygens (including phenoxy) is 1. The molecule has 2 atom stereocenters. The third-order valence-electron chi connectivity index (χ3n) is 6.72. The van der Waals surface area contributed by atoms with Gasteiger partial charge >= 0.3 is 0 Å². The van der Waals surface area contributed by atoms with E-state index in [1.54, 1.807) is 18.4 Å². The van der Waals surface area contributed by atoms with E-state index in [4.69, 9.17) is 4.74 Å². The van der Waals surface area contributed by atoms with Crippen LogP contribution < -0.4 is 4.74 Å². The Morgan fingerprint density at radius 2 is 1.82 bits per heavy atom. The molecule has 2 aliphatic heterocycles. The Morgan fingerprint density at radius 3 is 2.45 bits per heavy atom. The van der Waals surface area contributed by atoms with Crippen molar-refractivity contribution in [3.8, 4) is 5.75 Å². The van der Waals surface area contributed by atoms with Crippen LogP contribution in [0.5, 0.6) is 5.75 Å². The first-order valence-corrected chi connectivity index (χ1v) is 12.6. The zero-order valence-corrected chi connectivity index (χ0v) is 21.2. The van der Waals surface area contributed by atoms with Gasteiger partial charge in [0.15, 0.2) is 0 Å². The number of carbonyl (C=O) groups excluding carboxylic acids is 2. The number of amides is 2. The van der Waals surface area contributed by atoms with Crippen molar-refractivity contribution in [2.75, 3.05) is 39.8 Å². The van der Waals surface area contributed by atoms with Gasteiger partial charge in [0.1, 0.15) is 5.75 Å². The average molecular weight is 470 g/mol. The summed E-state index contributed by atoms with van der Waals surface area (Å²) >= 11 is 1.80. The topological polar surface area (TPSA) is 53.1 Å². The lowest BCUT2D eigenvalue weighted by molar-refractivity contribution is -0.148. The van der Waals surface area contributed by atoms with E-state index in [0.29, 0.717) is 26.2 Å². The van der Waals surface area contributed by atoms with E-state index in [1.165, 1.54) is 16.0 Å². The minimum atomic E-state index is -0.405. The summed E-state index contributed by atoms with van der Waals surface area (Å²) < 4.78 is 5.34. The van der Waals surface area contributed by atoms with Crippen molar-refractivity contribution in [2.24, 2.45) is 5.41 Å². The summed E-state index contributed by atoms with van der Waals surface area (Å²) in [5.41, 5.74) is 2.08. The van der Waals surface area contributed by atoms with Crippen molar-refractivity contribution < 1.29 is 14.3 Å². The van der Waals surface area contributed by atoms with Crippen LogP contribution in [0.4, 0.5) is 0 Å². The fourth-order valence-corrected chi connectivity index (χ4v) is 5.81. The molecule has 2 amide bonds. The second kappa shape index (κ2) is 9.47. The maximum atomic E-state index is 13.4. The molecule has 2 aliphatic rings. The van der Waals surface area contributed by atoms with E-state index >= 15 is 0 Å². The van der Waals surface area contributed by atoms with Crippen molar-refractivity contribution in [1.29, 1.82) is 0 Å². The van der Waals surface area contributed by atoms with Gasteiger partial charge in [-0.25, -0.2) is 0 Å². The standard InChI is InChI=1S/C26H35N3O3S/c1-18-16-27(13-14-29(18)25(31)26(2,3)4)23(30)17-28-12-10-22-21(11-15-33-22)24(28)19-6-8-20(32-5)9-7-19/h6-9,11,15,18,24H,10,12-14,16-17H2,1-5H3/t18-,24-/m1/s1. The van der Waals surface area contributed by atoms with Crippen molar-refractivity contribution in [2.45, 2.75) is 46.2 Å². The van der Waals surface area contributed by atoms with Gasteiger partial charge in [0.2, 0.25) is 11.8 Å². The molecule has 3 heterocycles. The number of nitrogens with zero attached hydrogens (tertiary/aromatic N) is 3. The lowest BCUT2D eigenvalue weighted by Gasteiger charge is -2.43. The summed E-state index contributed by atoms with van der Waals surface area (Å²) in [6, 6.07) is 10.5. The summed E-state index contributed by atoms with van der Waals surface area (Å²) in [4.78, 5) is 33.7. The first-order valence-electron chi connectivity index (χ1n) is 11.7. The van der Waals surface area contributed by atoms with Gasteiger partial charge in [0, 0.05) is 42.5 Å². The normalized spacial score (nSPS) is 21.6. The molecule has 0 bridgehead atoms. The highest BCUT2D eigenvalue weighted by molar-refractivity contribution is 7.10. The molecule has 4 rings (SSSR count). The Kier molecular flexibility index (Phi) is 6.82. The lowest BCUT2D eigenvalue weighted by atomic mass is 9.93. The molecule has 1 aromatic carbocycles. The van der Waals surface area contributed by atoms with Crippen LogP contribution in [0.1, 0.15) is 49.7 Å². The molecule has 1 aromatic heterocycles. The van der Waals surface area contributed by atoms with Crippen LogP contribution in [-0.2, 0) is 16.0 Å². The first-order chi connectivity index (χ1) is 15.7. The molecule has 0 saturated carbocycles. The molecular formula is C26H35N3O3S. The molecule has 0 unspecified atom stereocenters. The Balaban J connectivity index is 1.48. The predicted octanol–water partition coefficient (Wildman–Crippen LogP) is 3.81. The van der Waals surface area contributed by atoms with Gasteiger partial charge in [-0.3, -0.25) is 14.5 Å². The largest absolute Gasteiger partial charge is 0.497 e. The molecule has 178 valence electrons. The Labute approximate surface area is 201 Å². The van der Waals surface area contributed by atoms with Crippen molar-refractivity contribution in [1.82, 2.24) is 14.7 Å². The molecule has 6 nitrogen and oxygen atoms in total. The number of thiophene rings is 1. The number of methoxy groups -OCH3 is 1. The van der Waals surface area contributed by atoms with Crippen molar-refractivity contribution in [3.63, 3.8) is 0 Å². The third kappa shape index (κ3) is 4.94. The summed E-state index contributed by atoms with van der Waals surface area (Å²) in [6.07, 6.45) is 0.969. The van der Waals surface area contributed by atoms with Gasteiger partial charge in [-0.1, -0.05) is 32.9 Å². The van der Waals surface area contributed by atoms with Gasteiger partial charge in [-0.15, -0.1) is 11.3 Å². The van der Waals surface area contributed by atoms with Gasteiger partial charge in [-0.05, 0) is 48.1 Å². The number of rotatable bonds is 4. The van der Waals surface area contributed by atoms with Gasteiger partial charge in [0.25, 0.3) is 0 Å². The Morgan fingerprint density at radius 1 is 1.09 bits per heavy atom. The van der Waals surface area contributed by atoms with Gasteiger partial charge < -0.3 is 14.5 Å². The second-order valence-electron chi connectivity index (χ2n) is 10.1. The predicted molar refractivity (Wildman–Crippen MR) is 132 cm³/mol. The molecule has 0 radical (unpaired) electrons. The van der Waals surface area contributed by atoms with E-state index in [1.807, 2.05) is 49.6 Å². The van der Waals surface area contributed by atoms with E-state index < -0.39 is 5.41 Å². The number of carbonyl (C=O) groups is 2. The molecule has 0 spiro atoms. The number of piperazine rings is 1. The molecule has 0 aliphatic carbocycles. The van der Waals surface area contributed by atoms with Crippen LogP contribution in [0.2, 0.25) is 0 Å². The zero-order valence-electron chi connectivity index (χ0n) is 20.3. The van der Waals surface area contributed by atoms with Crippen LogP contribution >= 0.6 is 11.3 Å². The molecule has 1 saturated heterocycles. The molecule has 1 fully saturated rings. The minimum absolute atomic E-state index is 0.0247. The minimum Gasteiger partial charge on any atom is -0.497 e. The summed E-state index contributed by atoms with van der Waals surface area (Å²) in [5, 5.41) is 2.15. The van der Waals surface area contributed by atoms with Crippen LogP contribution in [0.3, 0.4) is 0 Å². The number of hydrogen-bond donors (Lipinski definition) is 0. The maximum absolute atomic E-state index is 13.4. The molecule has 0 N–H and O–H groups in total. The van der Waals surface area contributed by atoms with Gasteiger partial charge in [-0.2, -0.15) is 0 Å². The lowest BCUT2D eigenvalue weighted by Crippen LogP contribution is -2.58. The number of hydrogen-bond acceptors (Lipinski definition) is 5. The van der Waals surface area contributed by atoms with Crippen LogP contribution in [0.15, 0.2) is 35.7 Å². The van der Waals surface area contributed by atoms with Crippen molar-refractivity contribution in [3.05, 3.63) is 51.7 Å². The quantitative estimate of drug-likeness (QED) is 0.683. The SMILES string of the molecule is COc1ccc([C@@H]2c3ccsc3CCN2CC(=O)N2CCN(C(=O)C(C)(C)C)[C@H](C)C2)cc1. The van der Waals surface area contributed by atoms with Crippen LogP contribution in [-0.4, -0.2) is 72.4 Å². The molecule has 2 aromatic rings. The van der Waals surface area contributed by atoms with Crippen LogP contribution in [0, 0.1) is 5.41 Å². The molecular weight excluding hydrogens is 434 g/mol. The third-order valence-corrected chi connectivity index (χ3v) is 7.71. The Hall–Kier alpha value is -2.38. The highest BCUT2D eigenvalue weighted by Crippen LogP contribution is 2.38. The number of benzene rings is 1. The fraction of sp³-hybridized carbons (Fsp3) is 0.538. The summed E-state index contributed by atoms with van der Waals surface area (Å²) in [6.45, 7) is 10.9. The van der Waals surface area contributed by atoms with E-state index in [-0.39, 0.29) is 23.9 Å². The first kappa shape index (κ1) is 23.8. The fourth-order valence-electron chi connectivity index (χ4n) is 4.91. The Bertz CT molecular complexity index is 995. The summed E-state index contributed by atoms with van der Waals surface area (Å²) in [5.74, 6) is 1.13. The van der Waals surface area contributed by atoms with E-state index in [0.717, 1.165) is 18.7 Å². The maximum Gasteiger partial charge on any atom is 0.236 e. The second-order valence-corrected chi connectivity index (χ2v) is 11.1. The van der Waals surface area contributed by atoms with Gasteiger partial charge in [0.05, 0.1) is 19.7 Å². The van der Waals surface area contributed by atoms with E-state index in [9.17, 15) is 9.59 Å². The molecule has 7 heteroatoms. The highest BCUT2D eigenvalue weighted by atomic mass is 32.1. The highest BCUT2D eigenvalue weighted by Gasteiger charge is 2.36.